The summed E-state index contributed by atoms with van der Waals surface area (Å²) in [6.45, 7) is 1.98. The average Bonchev–Trinajstić information content (AvgIpc) is 2.98. The quantitative estimate of drug-likeness (QED) is 0.375. The second-order valence-corrected chi connectivity index (χ2v) is 10.0. The number of anilines is 1. The molecule has 7 heteroatoms. The minimum absolute atomic E-state index is 0.0360. The zero-order chi connectivity index (χ0) is 27.4. The van der Waals surface area contributed by atoms with Gasteiger partial charge >= 0.3 is 5.97 Å². The second-order valence-electron chi connectivity index (χ2n) is 10.0. The fraction of sp³-hybridized carbons (Fsp3) is 0.344. The molecule has 0 bridgehead atoms. The molecule has 1 saturated carbocycles. The predicted molar refractivity (Wildman–Crippen MR) is 149 cm³/mol. The van der Waals surface area contributed by atoms with Gasteiger partial charge < -0.3 is 19.7 Å². The lowest BCUT2D eigenvalue weighted by Crippen LogP contribution is -2.51. The standard InChI is InChI=1S/C32H34N2O5/c1-3-39-32(37)26-15-9-10-16-27(26)33-30(35)28-24-13-7-8-14-25(24)31(36)34(22-11-5-4-6-12-22)29(28)21-17-19-23(38-2)20-18-21/h7-10,13-20,22,28-29H,3-6,11-12H2,1-2H3,(H,33,35)/t28-,29+/m0/s1. The molecule has 0 unspecified atom stereocenters. The van der Waals surface area contributed by atoms with Crippen molar-refractivity contribution in [1.29, 1.82) is 0 Å². The molecule has 7 nitrogen and oxygen atoms in total. The second kappa shape index (κ2) is 11.7. The number of amides is 2. The number of methoxy groups -OCH3 is 1. The number of carbonyl (C=O) groups excluding carboxylic acids is 3. The van der Waals surface area contributed by atoms with E-state index >= 15 is 0 Å². The highest BCUT2D eigenvalue weighted by Gasteiger charge is 2.46. The van der Waals surface area contributed by atoms with E-state index in [2.05, 4.69) is 5.32 Å². The molecule has 2 aliphatic rings. The number of esters is 1. The molecule has 2 amide bonds. The lowest BCUT2D eigenvalue weighted by molar-refractivity contribution is -0.119. The maximum Gasteiger partial charge on any atom is 0.340 e. The molecule has 2 atom stereocenters. The molecule has 0 radical (unpaired) electrons. The summed E-state index contributed by atoms with van der Waals surface area (Å²) in [4.78, 5) is 42.9. The van der Waals surface area contributed by atoms with Crippen LogP contribution in [0.25, 0.3) is 0 Å². The molecule has 3 aromatic rings. The molecule has 202 valence electrons. The van der Waals surface area contributed by atoms with E-state index in [4.69, 9.17) is 9.47 Å². The predicted octanol–water partition coefficient (Wildman–Crippen LogP) is 6.12. The summed E-state index contributed by atoms with van der Waals surface area (Å²) in [5.41, 5.74) is 2.77. The Morgan fingerprint density at radius 2 is 1.62 bits per heavy atom. The van der Waals surface area contributed by atoms with Crippen molar-refractivity contribution in [1.82, 2.24) is 4.90 Å². The first-order valence-corrected chi connectivity index (χ1v) is 13.7. The van der Waals surface area contributed by atoms with Gasteiger partial charge in [-0.25, -0.2) is 4.79 Å². The minimum atomic E-state index is -0.690. The van der Waals surface area contributed by atoms with Crippen LogP contribution in [-0.2, 0) is 9.53 Å². The van der Waals surface area contributed by atoms with Crippen molar-refractivity contribution >= 4 is 23.5 Å². The third-order valence-electron chi connectivity index (χ3n) is 7.76. The highest BCUT2D eigenvalue weighted by atomic mass is 16.5. The van der Waals surface area contributed by atoms with Crippen molar-refractivity contribution in [2.75, 3.05) is 19.0 Å². The molecular weight excluding hydrogens is 492 g/mol. The van der Waals surface area contributed by atoms with Gasteiger partial charge in [-0.3, -0.25) is 9.59 Å². The van der Waals surface area contributed by atoms with E-state index in [0.29, 0.717) is 22.6 Å². The third-order valence-corrected chi connectivity index (χ3v) is 7.76. The first kappa shape index (κ1) is 26.5. The summed E-state index contributed by atoms with van der Waals surface area (Å²) in [5, 5.41) is 3.02. The van der Waals surface area contributed by atoms with Gasteiger partial charge in [-0.05, 0) is 61.2 Å². The summed E-state index contributed by atoms with van der Waals surface area (Å²) < 4.78 is 10.6. The maximum absolute atomic E-state index is 14.3. The van der Waals surface area contributed by atoms with Crippen LogP contribution in [0.2, 0.25) is 0 Å². The summed E-state index contributed by atoms with van der Waals surface area (Å²) in [5.74, 6) is -0.815. The highest BCUT2D eigenvalue weighted by Crippen LogP contribution is 2.46. The zero-order valence-corrected chi connectivity index (χ0v) is 22.4. The number of ether oxygens (including phenoxy) is 2. The summed E-state index contributed by atoms with van der Waals surface area (Å²) in [6, 6.07) is 21.4. The van der Waals surface area contributed by atoms with Gasteiger partial charge in [-0.15, -0.1) is 0 Å². The number of para-hydroxylation sites is 1. The average molecular weight is 527 g/mol. The first-order chi connectivity index (χ1) is 19.0. The number of fused-ring (bicyclic) bond motifs is 1. The lowest BCUT2D eigenvalue weighted by atomic mass is 9.77. The van der Waals surface area contributed by atoms with Gasteiger partial charge in [-0.1, -0.05) is 61.7 Å². The first-order valence-electron chi connectivity index (χ1n) is 13.7. The number of hydrogen-bond acceptors (Lipinski definition) is 5. The normalized spacial score (nSPS) is 19.2. The summed E-state index contributed by atoms with van der Waals surface area (Å²) >= 11 is 0. The van der Waals surface area contributed by atoms with Crippen LogP contribution >= 0.6 is 0 Å². The van der Waals surface area contributed by atoms with E-state index in [1.54, 1.807) is 38.3 Å². The largest absolute Gasteiger partial charge is 0.497 e. The molecule has 0 aromatic heterocycles. The Balaban J connectivity index is 1.62. The molecule has 1 aliphatic carbocycles. The molecule has 39 heavy (non-hydrogen) atoms. The topological polar surface area (TPSA) is 84.9 Å². The van der Waals surface area contributed by atoms with Crippen molar-refractivity contribution < 1.29 is 23.9 Å². The van der Waals surface area contributed by atoms with Gasteiger partial charge in [0.2, 0.25) is 5.91 Å². The zero-order valence-electron chi connectivity index (χ0n) is 22.4. The molecule has 1 fully saturated rings. The SMILES string of the molecule is CCOC(=O)c1ccccc1NC(=O)[C@H]1c2ccccc2C(=O)N(C2CCCCC2)[C@@H]1c1ccc(OC)cc1. The molecular formula is C32H34N2O5. The van der Waals surface area contributed by atoms with Crippen LogP contribution in [0.15, 0.2) is 72.8 Å². The number of hydrogen-bond donors (Lipinski definition) is 1. The Labute approximate surface area is 229 Å². The summed E-state index contributed by atoms with van der Waals surface area (Å²) in [6.07, 6.45) is 5.06. The third kappa shape index (κ3) is 5.26. The van der Waals surface area contributed by atoms with Gasteiger partial charge in [0.05, 0.1) is 36.9 Å². The van der Waals surface area contributed by atoms with Gasteiger partial charge in [0.15, 0.2) is 0 Å². The number of nitrogens with zero attached hydrogens (tertiary/aromatic N) is 1. The van der Waals surface area contributed by atoms with Crippen molar-refractivity contribution in [2.45, 2.75) is 57.0 Å². The Hall–Kier alpha value is -4.13. The van der Waals surface area contributed by atoms with Crippen LogP contribution in [-0.4, -0.2) is 42.4 Å². The molecule has 1 aliphatic heterocycles. The Bertz CT molecular complexity index is 1350. The van der Waals surface area contributed by atoms with E-state index in [1.165, 1.54) is 0 Å². The van der Waals surface area contributed by atoms with Gasteiger partial charge in [0, 0.05) is 11.6 Å². The fourth-order valence-corrected chi connectivity index (χ4v) is 5.94. The van der Waals surface area contributed by atoms with Gasteiger partial charge in [0.25, 0.3) is 5.91 Å². The smallest absolute Gasteiger partial charge is 0.340 e. The van der Waals surface area contributed by atoms with Crippen molar-refractivity contribution in [3.8, 4) is 5.75 Å². The van der Waals surface area contributed by atoms with Crippen LogP contribution in [0.1, 0.15) is 82.8 Å². The lowest BCUT2D eigenvalue weighted by Gasteiger charge is -2.46. The van der Waals surface area contributed by atoms with Crippen LogP contribution in [0.3, 0.4) is 0 Å². The van der Waals surface area contributed by atoms with Crippen LogP contribution in [0, 0.1) is 0 Å². The molecule has 0 spiro atoms. The maximum atomic E-state index is 14.3. The van der Waals surface area contributed by atoms with Crippen LogP contribution in [0.4, 0.5) is 5.69 Å². The molecule has 1 heterocycles. The van der Waals surface area contributed by atoms with Crippen LogP contribution in [0.5, 0.6) is 5.75 Å². The Kier molecular flexibility index (Phi) is 7.96. The fourth-order valence-electron chi connectivity index (χ4n) is 5.94. The number of rotatable bonds is 7. The molecule has 3 aromatic carbocycles. The highest BCUT2D eigenvalue weighted by molar-refractivity contribution is 6.07. The number of benzene rings is 3. The summed E-state index contributed by atoms with van der Waals surface area (Å²) in [7, 11) is 1.61. The van der Waals surface area contributed by atoms with Crippen LogP contribution < -0.4 is 10.1 Å². The number of carbonyl (C=O) groups is 3. The van der Waals surface area contributed by atoms with E-state index < -0.39 is 17.9 Å². The van der Waals surface area contributed by atoms with E-state index in [9.17, 15) is 14.4 Å². The van der Waals surface area contributed by atoms with E-state index in [-0.39, 0.29) is 30.0 Å². The van der Waals surface area contributed by atoms with Gasteiger partial charge in [0.1, 0.15) is 5.75 Å². The molecule has 1 N–H and O–H groups in total. The number of nitrogens with one attached hydrogen (secondary N) is 1. The minimum Gasteiger partial charge on any atom is -0.497 e. The van der Waals surface area contributed by atoms with E-state index in [0.717, 1.165) is 37.7 Å². The van der Waals surface area contributed by atoms with Crippen molar-refractivity contribution in [2.24, 2.45) is 0 Å². The Morgan fingerprint density at radius 1 is 0.923 bits per heavy atom. The van der Waals surface area contributed by atoms with Crippen molar-refractivity contribution in [3.05, 3.63) is 95.1 Å². The Morgan fingerprint density at radius 3 is 2.33 bits per heavy atom. The van der Waals surface area contributed by atoms with Gasteiger partial charge in [-0.2, -0.15) is 0 Å². The van der Waals surface area contributed by atoms with E-state index in [1.807, 2.05) is 53.4 Å². The monoisotopic (exact) mass is 526 g/mol. The molecule has 0 saturated heterocycles. The van der Waals surface area contributed by atoms with Crippen molar-refractivity contribution in [3.63, 3.8) is 0 Å². The molecule has 5 rings (SSSR count).